The van der Waals surface area contributed by atoms with Gasteiger partial charge >= 0.3 is 0 Å². The maximum absolute atomic E-state index is 12.5. The quantitative estimate of drug-likeness (QED) is 0.661. The molecular weight excluding hydrogens is 338 g/mol. The molecule has 1 amide bonds. The first-order valence-corrected chi connectivity index (χ1v) is 9.00. The smallest absolute Gasteiger partial charge is 0.255 e. The van der Waals surface area contributed by atoms with Crippen molar-refractivity contribution in [1.29, 1.82) is 0 Å². The number of furan rings is 1. The number of hydrogen-bond acceptors (Lipinski definition) is 3. The van der Waals surface area contributed by atoms with Gasteiger partial charge in [0.15, 0.2) is 0 Å². The third-order valence-corrected chi connectivity index (χ3v) is 4.58. The number of hydrogen-bond donors (Lipinski definition) is 2. The molecule has 0 aliphatic heterocycles. The average Bonchev–Trinajstić information content (AvgIpc) is 3.10. The van der Waals surface area contributed by atoms with Crippen LogP contribution in [-0.2, 0) is 12.0 Å². The summed E-state index contributed by atoms with van der Waals surface area (Å²) in [6.07, 6.45) is 0. The van der Waals surface area contributed by atoms with E-state index in [0.29, 0.717) is 17.1 Å². The number of carbonyl (C=O) groups is 1. The zero-order valence-corrected chi connectivity index (χ0v) is 16.2. The van der Waals surface area contributed by atoms with Crippen molar-refractivity contribution in [2.24, 2.45) is 0 Å². The van der Waals surface area contributed by atoms with Crippen LogP contribution in [0.5, 0.6) is 0 Å². The van der Waals surface area contributed by atoms with Gasteiger partial charge in [0.1, 0.15) is 18.1 Å². The van der Waals surface area contributed by atoms with Crippen LogP contribution in [0, 0.1) is 6.92 Å². The summed E-state index contributed by atoms with van der Waals surface area (Å²) < 4.78 is 5.59. The fraction of sp³-hybridized carbons (Fsp3) is 0.261. The van der Waals surface area contributed by atoms with Gasteiger partial charge in [-0.05, 0) is 65.9 Å². The third kappa shape index (κ3) is 4.29. The molecule has 140 valence electrons. The zero-order valence-electron chi connectivity index (χ0n) is 16.2. The number of aliphatic hydroxyl groups is 1. The molecule has 3 aromatic rings. The highest BCUT2D eigenvalue weighted by atomic mass is 16.4. The van der Waals surface area contributed by atoms with Crippen molar-refractivity contribution in [1.82, 2.24) is 0 Å². The second-order valence-electron chi connectivity index (χ2n) is 7.74. The Balaban J connectivity index is 1.75. The topological polar surface area (TPSA) is 62.5 Å². The Morgan fingerprint density at radius 1 is 1.04 bits per heavy atom. The molecule has 0 bridgehead atoms. The predicted molar refractivity (Wildman–Crippen MR) is 108 cm³/mol. The van der Waals surface area contributed by atoms with E-state index in [1.165, 1.54) is 5.56 Å². The molecule has 0 radical (unpaired) electrons. The maximum atomic E-state index is 12.5. The molecule has 0 atom stereocenters. The lowest BCUT2D eigenvalue weighted by Gasteiger charge is -2.19. The van der Waals surface area contributed by atoms with Crippen LogP contribution in [0.1, 0.15) is 48.0 Å². The molecule has 4 heteroatoms. The molecule has 0 aliphatic carbocycles. The molecule has 3 rings (SSSR count). The van der Waals surface area contributed by atoms with Gasteiger partial charge in [-0.3, -0.25) is 4.79 Å². The Labute approximate surface area is 159 Å². The van der Waals surface area contributed by atoms with Crippen molar-refractivity contribution in [3.05, 3.63) is 77.0 Å². The molecule has 1 aromatic heterocycles. The van der Waals surface area contributed by atoms with Gasteiger partial charge in [0.05, 0.1) is 0 Å². The SMILES string of the molecule is Cc1cc(NC(=O)c2ccc(C(C)(C)C)cc2)ccc1-c1ccc(CO)o1. The van der Waals surface area contributed by atoms with E-state index in [1.54, 1.807) is 6.07 Å². The van der Waals surface area contributed by atoms with Gasteiger partial charge < -0.3 is 14.8 Å². The number of rotatable bonds is 4. The van der Waals surface area contributed by atoms with E-state index in [-0.39, 0.29) is 17.9 Å². The van der Waals surface area contributed by atoms with Crippen molar-refractivity contribution in [3.8, 4) is 11.3 Å². The van der Waals surface area contributed by atoms with Crippen LogP contribution in [0.3, 0.4) is 0 Å². The van der Waals surface area contributed by atoms with E-state index in [2.05, 4.69) is 26.1 Å². The summed E-state index contributed by atoms with van der Waals surface area (Å²) in [6.45, 7) is 8.28. The Hall–Kier alpha value is -2.85. The van der Waals surface area contributed by atoms with Crippen molar-refractivity contribution < 1.29 is 14.3 Å². The first-order valence-electron chi connectivity index (χ1n) is 9.00. The molecule has 0 spiro atoms. The van der Waals surface area contributed by atoms with Crippen LogP contribution >= 0.6 is 0 Å². The highest BCUT2D eigenvalue weighted by Crippen LogP contribution is 2.28. The zero-order chi connectivity index (χ0) is 19.6. The van der Waals surface area contributed by atoms with Crippen molar-refractivity contribution in [2.45, 2.75) is 39.7 Å². The summed E-state index contributed by atoms with van der Waals surface area (Å²) >= 11 is 0. The number of benzene rings is 2. The second kappa shape index (κ2) is 7.41. The van der Waals surface area contributed by atoms with E-state index >= 15 is 0 Å². The fourth-order valence-electron chi connectivity index (χ4n) is 2.95. The van der Waals surface area contributed by atoms with Gasteiger partial charge in [-0.15, -0.1) is 0 Å². The van der Waals surface area contributed by atoms with Crippen molar-refractivity contribution in [2.75, 3.05) is 5.32 Å². The molecule has 0 aliphatic rings. The van der Waals surface area contributed by atoms with Gasteiger partial charge in [0.2, 0.25) is 0 Å². The number of aliphatic hydroxyl groups excluding tert-OH is 1. The summed E-state index contributed by atoms with van der Waals surface area (Å²) in [5.41, 5.74) is 4.53. The lowest BCUT2D eigenvalue weighted by Crippen LogP contribution is -2.14. The van der Waals surface area contributed by atoms with Crippen molar-refractivity contribution >= 4 is 11.6 Å². The minimum atomic E-state index is -0.136. The van der Waals surface area contributed by atoms with Crippen LogP contribution in [0.2, 0.25) is 0 Å². The second-order valence-corrected chi connectivity index (χ2v) is 7.74. The van der Waals surface area contributed by atoms with Gasteiger partial charge in [-0.1, -0.05) is 32.9 Å². The summed E-state index contributed by atoms with van der Waals surface area (Å²) in [7, 11) is 0. The Morgan fingerprint density at radius 2 is 1.74 bits per heavy atom. The van der Waals surface area contributed by atoms with Gasteiger partial charge in [0.25, 0.3) is 5.91 Å². The molecule has 4 nitrogen and oxygen atoms in total. The van der Waals surface area contributed by atoms with Crippen molar-refractivity contribution in [3.63, 3.8) is 0 Å². The molecule has 2 aromatic carbocycles. The molecule has 0 fully saturated rings. The Morgan fingerprint density at radius 3 is 2.30 bits per heavy atom. The van der Waals surface area contributed by atoms with E-state index in [1.807, 2.05) is 55.5 Å². The maximum Gasteiger partial charge on any atom is 0.255 e. The van der Waals surface area contributed by atoms with Crippen LogP contribution in [0.25, 0.3) is 11.3 Å². The standard InChI is InChI=1S/C23H25NO3/c1-15-13-18(9-11-20(15)21-12-10-19(14-25)27-21)24-22(26)16-5-7-17(8-6-16)23(2,3)4/h5-13,25H,14H2,1-4H3,(H,24,26). The van der Waals surface area contributed by atoms with Gasteiger partial charge in [-0.25, -0.2) is 0 Å². The summed E-state index contributed by atoms with van der Waals surface area (Å²) in [6, 6.07) is 17.0. The molecule has 1 heterocycles. The molecule has 2 N–H and O–H groups in total. The van der Waals surface area contributed by atoms with E-state index < -0.39 is 0 Å². The van der Waals surface area contributed by atoms with Crippen LogP contribution in [-0.4, -0.2) is 11.0 Å². The average molecular weight is 363 g/mol. The lowest BCUT2D eigenvalue weighted by atomic mass is 9.87. The first kappa shape index (κ1) is 18.9. The first-order chi connectivity index (χ1) is 12.8. The van der Waals surface area contributed by atoms with Crippen LogP contribution in [0.4, 0.5) is 5.69 Å². The van der Waals surface area contributed by atoms with E-state index in [9.17, 15) is 4.79 Å². The van der Waals surface area contributed by atoms with E-state index in [0.717, 1.165) is 16.8 Å². The summed E-state index contributed by atoms with van der Waals surface area (Å²) in [5.74, 6) is 1.09. The van der Waals surface area contributed by atoms with Gasteiger partial charge in [0, 0.05) is 16.8 Å². The molecule has 0 saturated carbocycles. The number of aryl methyl sites for hydroxylation is 1. The minimum absolute atomic E-state index is 0.0592. The summed E-state index contributed by atoms with van der Waals surface area (Å²) in [5, 5.41) is 12.1. The third-order valence-electron chi connectivity index (χ3n) is 4.58. The highest BCUT2D eigenvalue weighted by molar-refractivity contribution is 6.04. The van der Waals surface area contributed by atoms with Crippen LogP contribution < -0.4 is 5.32 Å². The number of carbonyl (C=O) groups excluding carboxylic acids is 1. The van der Waals surface area contributed by atoms with Gasteiger partial charge in [-0.2, -0.15) is 0 Å². The number of nitrogens with one attached hydrogen (secondary N) is 1. The number of amides is 1. The fourth-order valence-corrected chi connectivity index (χ4v) is 2.95. The summed E-state index contributed by atoms with van der Waals surface area (Å²) in [4.78, 5) is 12.5. The van der Waals surface area contributed by atoms with Crippen LogP contribution in [0.15, 0.2) is 59.0 Å². The van der Waals surface area contributed by atoms with E-state index in [4.69, 9.17) is 9.52 Å². The lowest BCUT2D eigenvalue weighted by molar-refractivity contribution is 0.102. The molecular formula is C23H25NO3. The Kier molecular flexibility index (Phi) is 5.19. The molecule has 0 saturated heterocycles. The molecule has 0 unspecified atom stereocenters. The monoisotopic (exact) mass is 363 g/mol. The minimum Gasteiger partial charge on any atom is -0.459 e. The Bertz CT molecular complexity index is 946. The largest absolute Gasteiger partial charge is 0.459 e. The molecule has 27 heavy (non-hydrogen) atoms. The normalized spacial score (nSPS) is 11.4. The highest BCUT2D eigenvalue weighted by Gasteiger charge is 2.15. The number of anilines is 1. The predicted octanol–water partition coefficient (Wildman–Crippen LogP) is 5.30.